The molecule has 2 N–H and O–H groups in total. The molecule has 2 aromatic carbocycles. The third-order valence-corrected chi connectivity index (χ3v) is 3.70. The van der Waals surface area contributed by atoms with Crippen molar-refractivity contribution >= 4 is 33.3 Å². The van der Waals surface area contributed by atoms with Crippen molar-refractivity contribution in [3.63, 3.8) is 0 Å². The van der Waals surface area contributed by atoms with Gasteiger partial charge in [-0.25, -0.2) is 0 Å². The zero-order valence-electron chi connectivity index (χ0n) is 11.2. The lowest BCUT2D eigenvalue weighted by atomic mass is 10.0. The number of anilines is 2. The summed E-state index contributed by atoms with van der Waals surface area (Å²) in [6, 6.07) is 13.9. The molecule has 0 aliphatic heterocycles. The summed E-state index contributed by atoms with van der Waals surface area (Å²) in [6.07, 6.45) is 0.651. The minimum absolute atomic E-state index is 0.133. The molecule has 2 aromatic rings. The highest BCUT2D eigenvalue weighted by Crippen LogP contribution is 2.28. The lowest BCUT2D eigenvalue weighted by Gasteiger charge is -2.13. The highest BCUT2D eigenvalue weighted by Gasteiger charge is 2.07. The van der Waals surface area contributed by atoms with Crippen LogP contribution in [0.1, 0.15) is 17.5 Å². The van der Waals surface area contributed by atoms with E-state index in [2.05, 4.69) is 21.2 Å². The van der Waals surface area contributed by atoms with Gasteiger partial charge in [0.15, 0.2) is 0 Å². The molecule has 2 rings (SSSR count). The SMILES string of the molecule is Cc1ccc(Nc2ccccc2Br)c(CCC(=O)O)c1. The number of hydrogen-bond acceptors (Lipinski definition) is 2. The van der Waals surface area contributed by atoms with Crippen LogP contribution in [0.25, 0.3) is 0 Å². The topological polar surface area (TPSA) is 49.3 Å². The zero-order chi connectivity index (χ0) is 14.5. The number of nitrogens with one attached hydrogen (secondary N) is 1. The Labute approximate surface area is 126 Å². The minimum Gasteiger partial charge on any atom is -0.481 e. The first-order chi connectivity index (χ1) is 9.56. The number of aryl methyl sites for hydroxylation is 2. The zero-order valence-corrected chi connectivity index (χ0v) is 12.8. The molecule has 104 valence electrons. The maximum Gasteiger partial charge on any atom is 0.303 e. The first-order valence-corrected chi connectivity index (χ1v) is 7.18. The van der Waals surface area contributed by atoms with Gasteiger partial charge in [-0.1, -0.05) is 29.8 Å². The number of carbonyl (C=O) groups is 1. The van der Waals surface area contributed by atoms with E-state index in [-0.39, 0.29) is 6.42 Å². The van der Waals surface area contributed by atoms with Crippen molar-refractivity contribution in [1.29, 1.82) is 0 Å². The molecule has 0 saturated carbocycles. The molecule has 0 aliphatic carbocycles. The fourth-order valence-corrected chi connectivity index (χ4v) is 2.38. The molecule has 4 heteroatoms. The second-order valence-electron chi connectivity index (χ2n) is 4.66. The minimum atomic E-state index is -0.779. The van der Waals surface area contributed by atoms with E-state index in [9.17, 15) is 4.79 Å². The monoisotopic (exact) mass is 333 g/mol. The largest absolute Gasteiger partial charge is 0.481 e. The van der Waals surface area contributed by atoms with Crippen molar-refractivity contribution in [3.05, 3.63) is 58.1 Å². The molecule has 0 radical (unpaired) electrons. The van der Waals surface area contributed by atoms with Crippen LogP contribution in [-0.4, -0.2) is 11.1 Å². The first-order valence-electron chi connectivity index (χ1n) is 6.39. The molecule has 0 atom stereocenters. The van der Waals surface area contributed by atoms with E-state index in [0.717, 1.165) is 27.0 Å². The Kier molecular flexibility index (Phi) is 4.79. The van der Waals surface area contributed by atoms with Gasteiger partial charge >= 0.3 is 5.97 Å². The van der Waals surface area contributed by atoms with Crippen LogP contribution in [0.2, 0.25) is 0 Å². The van der Waals surface area contributed by atoms with Crippen molar-refractivity contribution in [2.45, 2.75) is 19.8 Å². The maximum absolute atomic E-state index is 10.8. The van der Waals surface area contributed by atoms with Crippen LogP contribution >= 0.6 is 15.9 Å². The van der Waals surface area contributed by atoms with Gasteiger partial charge in [0.05, 0.1) is 5.69 Å². The summed E-state index contributed by atoms with van der Waals surface area (Å²) in [4.78, 5) is 10.8. The summed E-state index contributed by atoms with van der Waals surface area (Å²) < 4.78 is 0.977. The summed E-state index contributed by atoms with van der Waals surface area (Å²) in [5.74, 6) is -0.779. The molecule has 0 unspecified atom stereocenters. The predicted molar refractivity (Wildman–Crippen MR) is 84.6 cm³/mol. The van der Waals surface area contributed by atoms with E-state index in [4.69, 9.17) is 5.11 Å². The predicted octanol–water partition coefficient (Wildman–Crippen LogP) is 4.52. The molecule has 20 heavy (non-hydrogen) atoms. The molecule has 0 bridgehead atoms. The normalized spacial score (nSPS) is 10.3. The number of benzene rings is 2. The number of aliphatic carboxylic acids is 1. The van der Waals surface area contributed by atoms with E-state index in [1.165, 1.54) is 0 Å². The van der Waals surface area contributed by atoms with Crippen molar-refractivity contribution in [2.75, 3.05) is 5.32 Å². The van der Waals surface area contributed by atoms with E-state index in [1.54, 1.807) is 0 Å². The van der Waals surface area contributed by atoms with Gasteiger partial charge in [0, 0.05) is 16.6 Å². The van der Waals surface area contributed by atoms with Crippen LogP contribution in [0.4, 0.5) is 11.4 Å². The van der Waals surface area contributed by atoms with Crippen molar-refractivity contribution in [3.8, 4) is 0 Å². The van der Waals surface area contributed by atoms with Gasteiger partial charge < -0.3 is 10.4 Å². The average Bonchev–Trinajstić information content (AvgIpc) is 2.41. The Morgan fingerprint density at radius 2 is 1.95 bits per heavy atom. The van der Waals surface area contributed by atoms with Crippen LogP contribution in [0.15, 0.2) is 46.9 Å². The van der Waals surface area contributed by atoms with Crippen molar-refractivity contribution in [2.24, 2.45) is 0 Å². The third kappa shape index (κ3) is 3.84. The molecule has 0 spiro atoms. The van der Waals surface area contributed by atoms with Crippen LogP contribution in [0, 0.1) is 6.92 Å². The first kappa shape index (κ1) is 14.6. The number of hydrogen-bond donors (Lipinski definition) is 2. The number of carboxylic acid groups (broad SMARTS) is 1. The fraction of sp³-hybridized carbons (Fsp3) is 0.188. The van der Waals surface area contributed by atoms with Gasteiger partial charge in [-0.3, -0.25) is 4.79 Å². The highest BCUT2D eigenvalue weighted by molar-refractivity contribution is 9.10. The van der Waals surface area contributed by atoms with Crippen LogP contribution in [0.5, 0.6) is 0 Å². The van der Waals surface area contributed by atoms with Gasteiger partial charge in [-0.05, 0) is 53.0 Å². The molecule has 0 aromatic heterocycles. The van der Waals surface area contributed by atoms with Crippen molar-refractivity contribution in [1.82, 2.24) is 0 Å². The molecular formula is C16H16BrNO2. The molecule has 0 heterocycles. The summed E-state index contributed by atoms with van der Waals surface area (Å²) >= 11 is 3.50. The summed E-state index contributed by atoms with van der Waals surface area (Å²) in [5, 5.41) is 12.2. The van der Waals surface area contributed by atoms with E-state index in [1.807, 2.05) is 49.4 Å². The Bertz CT molecular complexity index is 626. The van der Waals surface area contributed by atoms with Crippen molar-refractivity contribution < 1.29 is 9.90 Å². The van der Waals surface area contributed by atoms with Crippen LogP contribution < -0.4 is 5.32 Å². The standard InChI is InChI=1S/C16H16BrNO2/c1-11-6-8-14(12(10-11)7-9-16(19)20)18-15-5-3-2-4-13(15)17/h2-6,8,10,18H,7,9H2,1H3,(H,19,20). The Hall–Kier alpha value is -1.81. The molecular weight excluding hydrogens is 318 g/mol. The molecule has 0 aliphatic rings. The Morgan fingerprint density at radius 1 is 1.20 bits per heavy atom. The lowest BCUT2D eigenvalue weighted by molar-refractivity contribution is -0.136. The fourth-order valence-electron chi connectivity index (χ4n) is 2.00. The maximum atomic E-state index is 10.8. The van der Waals surface area contributed by atoms with E-state index < -0.39 is 5.97 Å². The van der Waals surface area contributed by atoms with Crippen LogP contribution in [0.3, 0.4) is 0 Å². The molecule has 0 saturated heterocycles. The second-order valence-corrected chi connectivity index (χ2v) is 5.51. The molecule has 3 nitrogen and oxygen atoms in total. The van der Waals surface area contributed by atoms with Gasteiger partial charge in [-0.15, -0.1) is 0 Å². The molecule has 0 amide bonds. The average molecular weight is 334 g/mol. The Balaban J connectivity index is 2.26. The van der Waals surface area contributed by atoms with Gasteiger partial charge in [-0.2, -0.15) is 0 Å². The number of para-hydroxylation sites is 1. The highest BCUT2D eigenvalue weighted by atomic mass is 79.9. The van der Waals surface area contributed by atoms with E-state index in [0.29, 0.717) is 6.42 Å². The third-order valence-electron chi connectivity index (χ3n) is 3.01. The number of halogens is 1. The number of rotatable bonds is 5. The smallest absolute Gasteiger partial charge is 0.303 e. The second kappa shape index (κ2) is 6.57. The quantitative estimate of drug-likeness (QED) is 0.845. The van der Waals surface area contributed by atoms with E-state index >= 15 is 0 Å². The van der Waals surface area contributed by atoms with Gasteiger partial charge in [0.1, 0.15) is 0 Å². The lowest BCUT2D eigenvalue weighted by Crippen LogP contribution is -2.02. The van der Waals surface area contributed by atoms with Crippen LogP contribution in [-0.2, 0) is 11.2 Å². The van der Waals surface area contributed by atoms with Gasteiger partial charge in [0.25, 0.3) is 0 Å². The number of carboxylic acids is 1. The summed E-state index contributed by atoms with van der Waals surface area (Å²) in [6.45, 7) is 2.01. The summed E-state index contributed by atoms with van der Waals surface area (Å²) in [7, 11) is 0. The van der Waals surface area contributed by atoms with Gasteiger partial charge in [0.2, 0.25) is 0 Å². The molecule has 0 fully saturated rings. The summed E-state index contributed by atoms with van der Waals surface area (Å²) in [5.41, 5.74) is 4.06. The Morgan fingerprint density at radius 3 is 2.65 bits per heavy atom.